The van der Waals surface area contributed by atoms with Gasteiger partial charge in [0, 0.05) is 12.1 Å². The first-order chi connectivity index (χ1) is 12.7. The third kappa shape index (κ3) is 5.16. The maximum absolute atomic E-state index is 10.3. The molecule has 1 aromatic carbocycles. The molecule has 0 unspecified atom stereocenters. The minimum Gasteiger partial charge on any atom is -0.508 e. The van der Waals surface area contributed by atoms with Crippen LogP contribution >= 0.6 is 32.9 Å². The topological polar surface area (TPSA) is 23.5 Å². The molecule has 2 heterocycles. The Morgan fingerprint density at radius 3 is 2.65 bits per heavy atom. The highest BCUT2D eigenvalue weighted by molar-refractivity contribution is 7.80. The largest absolute Gasteiger partial charge is 0.508 e. The number of unbranched alkanes of at least 4 members (excludes halogenated alkanes) is 3. The minimum atomic E-state index is 0.419. The van der Waals surface area contributed by atoms with Crippen LogP contribution in [0.1, 0.15) is 63.0 Å². The number of benzene rings is 1. The number of aromatic hydroxyl groups is 1. The van der Waals surface area contributed by atoms with E-state index in [1.54, 1.807) is 20.7 Å². The van der Waals surface area contributed by atoms with Crippen molar-refractivity contribution in [1.82, 2.24) is 4.90 Å². The second kappa shape index (κ2) is 9.98. The van der Waals surface area contributed by atoms with Gasteiger partial charge in [0.15, 0.2) is 0 Å². The molecule has 5 heteroatoms. The monoisotopic (exact) mass is 407 g/mol. The van der Waals surface area contributed by atoms with Gasteiger partial charge in [-0.3, -0.25) is 4.90 Å². The summed E-state index contributed by atoms with van der Waals surface area (Å²) in [7, 11) is 3.51. The van der Waals surface area contributed by atoms with Crippen LogP contribution < -0.4 is 0 Å². The van der Waals surface area contributed by atoms with E-state index >= 15 is 0 Å². The molecular formula is C21H29NOS3. The summed E-state index contributed by atoms with van der Waals surface area (Å²) in [5, 5.41) is 10.3. The Balaban J connectivity index is 1.78. The maximum atomic E-state index is 10.3. The lowest BCUT2D eigenvalue weighted by Gasteiger charge is -2.26. The van der Waals surface area contributed by atoms with Gasteiger partial charge in [-0.2, -0.15) is 0 Å². The highest BCUT2D eigenvalue weighted by Gasteiger charge is 2.16. The van der Waals surface area contributed by atoms with Crippen molar-refractivity contribution >= 4 is 32.9 Å². The first kappa shape index (κ1) is 20.0. The fraction of sp³-hybridized carbons (Fsp3) is 0.571. The van der Waals surface area contributed by atoms with Crippen molar-refractivity contribution in [2.24, 2.45) is 0 Å². The molecule has 142 valence electrons. The molecule has 0 spiro atoms. The number of likely N-dealkylation sites (tertiary alicyclic amines) is 1. The van der Waals surface area contributed by atoms with E-state index in [4.69, 9.17) is 12.2 Å². The van der Waals surface area contributed by atoms with Gasteiger partial charge in [-0.15, -0.1) is 0 Å². The lowest BCUT2D eigenvalue weighted by Crippen LogP contribution is -2.29. The number of piperidine rings is 1. The zero-order chi connectivity index (χ0) is 18.4. The molecule has 1 N–H and O–H groups in total. The van der Waals surface area contributed by atoms with Gasteiger partial charge in [-0.1, -0.05) is 65.5 Å². The van der Waals surface area contributed by atoms with E-state index in [1.165, 1.54) is 60.9 Å². The van der Waals surface area contributed by atoms with Crippen LogP contribution in [0.3, 0.4) is 0 Å². The van der Waals surface area contributed by atoms with Crippen LogP contribution in [-0.2, 0) is 13.0 Å². The summed E-state index contributed by atoms with van der Waals surface area (Å²) in [6, 6.07) is 6.10. The van der Waals surface area contributed by atoms with Crippen molar-refractivity contribution in [1.29, 1.82) is 0 Å². The van der Waals surface area contributed by atoms with Crippen LogP contribution in [0.25, 0.3) is 10.4 Å². The molecule has 0 amide bonds. The minimum absolute atomic E-state index is 0.419. The van der Waals surface area contributed by atoms with Crippen LogP contribution in [0.4, 0.5) is 0 Å². The van der Waals surface area contributed by atoms with Gasteiger partial charge in [0.05, 0.1) is 4.88 Å². The molecule has 0 aliphatic carbocycles. The molecule has 2 nitrogen and oxygen atoms in total. The van der Waals surface area contributed by atoms with Crippen LogP contribution in [0.5, 0.6) is 5.75 Å². The van der Waals surface area contributed by atoms with E-state index in [0.717, 1.165) is 35.4 Å². The second-order valence-electron chi connectivity index (χ2n) is 7.25. The summed E-state index contributed by atoms with van der Waals surface area (Å²) < 4.78 is 1.05. The van der Waals surface area contributed by atoms with Gasteiger partial charge in [0.25, 0.3) is 0 Å². The highest BCUT2D eigenvalue weighted by Crippen LogP contribution is 2.37. The summed E-state index contributed by atoms with van der Waals surface area (Å²) in [4.78, 5) is 3.78. The van der Waals surface area contributed by atoms with Crippen LogP contribution in [0.2, 0.25) is 0 Å². The van der Waals surface area contributed by atoms with Crippen molar-refractivity contribution in [2.75, 3.05) is 13.1 Å². The third-order valence-electron chi connectivity index (χ3n) is 5.19. The fourth-order valence-corrected chi connectivity index (χ4v) is 6.65. The number of hydrogen-bond donors (Lipinski definition) is 1. The smallest absolute Gasteiger partial charge is 0.120 e. The average molecular weight is 408 g/mol. The Labute approximate surface area is 169 Å². The number of nitrogens with zero attached hydrogens (tertiary/aromatic N) is 1. The Kier molecular flexibility index (Phi) is 7.67. The van der Waals surface area contributed by atoms with Crippen molar-refractivity contribution < 1.29 is 5.11 Å². The number of rotatable bonds is 8. The van der Waals surface area contributed by atoms with Crippen molar-refractivity contribution in [3.8, 4) is 16.2 Å². The zero-order valence-electron chi connectivity index (χ0n) is 15.6. The van der Waals surface area contributed by atoms with Crippen molar-refractivity contribution in [3.05, 3.63) is 33.1 Å². The third-order valence-corrected chi connectivity index (χ3v) is 8.38. The summed E-state index contributed by atoms with van der Waals surface area (Å²) in [5.41, 5.74) is 3.61. The lowest BCUT2D eigenvalue weighted by atomic mass is 10.0. The van der Waals surface area contributed by atoms with E-state index in [2.05, 4.69) is 24.0 Å². The first-order valence-corrected chi connectivity index (χ1v) is 12.4. The lowest BCUT2D eigenvalue weighted by molar-refractivity contribution is 0.218. The maximum Gasteiger partial charge on any atom is 0.120 e. The van der Waals surface area contributed by atoms with Crippen molar-refractivity contribution in [2.45, 2.75) is 64.8 Å². The Morgan fingerprint density at radius 1 is 1.08 bits per heavy atom. The molecule has 1 fully saturated rings. The molecule has 0 bridgehead atoms. The normalized spacial score (nSPS) is 15.4. The highest BCUT2D eigenvalue weighted by atomic mass is 32.9. The van der Waals surface area contributed by atoms with E-state index in [9.17, 15) is 5.11 Å². The first-order valence-electron chi connectivity index (χ1n) is 9.85. The molecule has 0 saturated carbocycles. The molecule has 26 heavy (non-hydrogen) atoms. The zero-order valence-corrected chi connectivity index (χ0v) is 18.1. The Bertz CT molecular complexity index is 759. The van der Waals surface area contributed by atoms with Crippen molar-refractivity contribution in [3.63, 3.8) is 0 Å². The van der Waals surface area contributed by atoms with Gasteiger partial charge in [0.2, 0.25) is 0 Å². The average Bonchev–Trinajstić information content (AvgIpc) is 3.02. The number of phenols is 1. The molecule has 1 aliphatic rings. The summed E-state index contributed by atoms with van der Waals surface area (Å²) in [6.45, 7) is 5.38. The standard InChI is InChI=1S/C21H29NOS3/c1-2-3-4-6-9-18-20(25-26-21(18)24)16-10-11-19(23)17(14-16)15-22-12-7-5-8-13-22/h10-11,14,23H,2-9,12-13,15H2,1H3. The van der Waals surface area contributed by atoms with Gasteiger partial charge in [-0.05, 0) is 68.1 Å². The molecule has 1 aromatic heterocycles. The Hall–Kier alpha value is -0.750. The van der Waals surface area contributed by atoms with E-state index in [0.29, 0.717) is 5.75 Å². The molecule has 3 rings (SSSR count). The Morgan fingerprint density at radius 2 is 1.88 bits per heavy atom. The predicted octanol–water partition coefficient (Wildman–Crippen LogP) is 7.02. The van der Waals surface area contributed by atoms with Gasteiger partial charge in [0.1, 0.15) is 9.57 Å². The van der Waals surface area contributed by atoms with Crippen LogP contribution in [0.15, 0.2) is 18.2 Å². The van der Waals surface area contributed by atoms with Crippen LogP contribution in [0, 0.1) is 3.82 Å². The van der Waals surface area contributed by atoms with Gasteiger partial charge in [-0.25, -0.2) is 0 Å². The molecule has 1 saturated heterocycles. The fourth-order valence-electron chi connectivity index (χ4n) is 3.65. The molecule has 0 radical (unpaired) electrons. The summed E-state index contributed by atoms with van der Waals surface area (Å²) in [5.74, 6) is 0.419. The quantitative estimate of drug-likeness (QED) is 0.289. The van der Waals surface area contributed by atoms with Gasteiger partial charge >= 0.3 is 0 Å². The number of hydrogen-bond acceptors (Lipinski definition) is 5. The SMILES string of the molecule is CCCCCCc1c(-c2ccc(O)c(CN3CCCCC3)c2)ssc1=S. The molecule has 0 atom stereocenters. The number of phenolic OH excluding ortho intramolecular Hbond substituents is 1. The van der Waals surface area contributed by atoms with E-state index in [-0.39, 0.29) is 0 Å². The van der Waals surface area contributed by atoms with E-state index in [1.807, 2.05) is 6.07 Å². The molecular weight excluding hydrogens is 378 g/mol. The van der Waals surface area contributed by atoms with E-state index < -0.39 is 0 Å². The second-order valence-corrected chi connectivity index (χ2v) is 10.1. The van der Waals surface area contributed by atoms with Crippen LogP contribution in [-0.4, -0.2) is 23.1 Å². The van der Waals surface area contributed by atoms with Gasteiger partial charge < -0.3 is 5.11 Å². The molecule has 2 aromatic rings. The summed E-state index contributed by atoms with van der Waals surface area (Å²) >= 11 is 5.61. The summed E-state index contributed by atoms with van der Waals surface area (Å²) in [6.07, 6.45) is 10.0. The predicted molar refractivity (Wildman–Crippen MR) is 117 cm³/mol. The molecule has 1 aliphatic heterocycles.